The molecule has 206 valence electrons. The predicted molar refractivity (Wildman–Crippen MR) is 166 cm³/mol. The Kier molecular flexibility index (Phi) is 8.76. The molecule has 5 aromatic carbocycles. The van der Waals surface area contributed by atoms with Gasteiger partial charge in [-0.05, 0) is 82.6 Å². The maximum absolute atomic E-state index is 13.4. The van der Waals surface area contributed by atoms with Crippen LogP contribution in [0.3, 0.4) is 0 Å². The summed E-state index contributed by atoms with van der Waals surface area (Å²) in [4.78, 5) is 12.9. The van der Waals surface area contributed by atoms with Crippen LogP contribution in [-0.4, -0.2) is 27.1 Å². The number of halogens is 1. The van der Waals surface area contributed by atoms with E-state index < -0.39 is 22.5 Å². The van der Waals surface area contributed by atoms with Gasteiger partial charge in [-0.2, -0.15) is 5.10 Å². The fourth-order valence-electron chi connectivity index (χ4n) is 4.16. The van der Waals surface area contributed by atoms with Gasteiger partial charge in [0.1, 0.15) is 18.9 Å². The number of hydrogen-bond donors (Lipinski definition) is 1. The largest absolute Gasteiger partial charge is 0.489 e. The second-order valence-electron chi connectivity index (χ2n) is 9.14. The maximum atomic E-state index is 13.4. The average molecular weight is 629 g/mol. The Balaban J connectivity index is 1.20. The highest BCUT2D eigenvalue weighted by Gasteiger charge is 2.27. The molecule has 0 radical (unpaired) electrons. The second-order valence-corrected chi connectivity index (χ2v) is 11.9. The van der Waals surface area contributed by atoms with E-state index in [0.717, 1.165) is 15.4 Å². The summed E-state index contributed by atoms with van der Waals surface area (Å²) < 4.78 is 34.4. The molecule has 0 saturated carbocycles. The molecule has 0 fully saturated rings. The smallest absolute Gasteiger partial charge is 0.264 e. The number of anilines is 1. The topological polar surface area (TPSA) is 88.1 Å². The molecule has 0 aromatic heterocycles. The molecule has 7 nitrogen and oxygen atoms in total. The first-order valence-electron chi connectivity index (χ1n) is 12.7. The molecule has 5 aromatic rings. The molecule has 0 aliphatic carbocycles. The van der Waals surface area contributed by atoms with Gasteiger partial charge >= 0.3 is 0 Å². The van der Waals surface area contributed by atoms with E-state index in [9.17, 15) is 13.2 Å². The fraction of sp³-hybridized carbons (Fsp3) is 0.0625. The molecule has 41 heavy (non-hydrogen) atoms. The maximum Gasteiger partial charge on any atom is 0.264 e. The third-order valence-corrected chi connectivity index (χ3v) is 8.50. The first-order chi connectivity index (χ1) is 19.9. The Labute approximate surface area is 247 Å². The summed E-state index contributed by atoms with van der Waals surface area (Å²) >= 11 is 3.37. The van der Waals surface area contributed by atoms with Crippen LogP contribution >= 0.6 is 15.9 Å². The van der Waals surface area contributed by atoms with Crippen molar-refractivity contribution in [2.75, 3.05) is 10.8 Å². The third kappa shape index (κ3) is 7.19. The Morgan fingerprint density at radius 2 is 1.56 bits per heavy atom. The minimum absolute atomic E-state index is 0.0826. The normalized spacial score (nSPS) is 11.4. The van der Waals surface area contributed by atoms with Crippen LogP contribution in [0.15, 0.2) is 136 Å². The molecule has 1 N–H and O–H groups in total. The van der Waals surface area contributed by atoms with Gasteiger partial charge in [0.15, 0.2) is 0 Å². The molecule has 0 unspecified atom stereocenters. The number of hydrogen-bond acceptors (Lipinski definition) is 5. The average Bonchev–Trinajstić information content (AvgIpc) is 3.00. The van der Waals surface area contributed by atoms with Gasteiger partial charge in [0, 0.05) is 4.47 Å². The molecule has 9 heteroatoms. The quantitative estimate of drug-likeness (QED) is 0.141. The Morgan fingerprint density at radius 1 is 0.829 bits per heavy atom. The number of ether oxygens (including phenoxy) is 1. The molecule has 0 atom stereocenters. The lowest BCUT2D eigenvalue weighted by Crippen LogP contribution is -2.39. The second kappa shape index (κ2) is 12.8. The van der Waals surface area contributed by atoms with E-state index in [1.54, 1.807) is 42.5 Å². The summed E-state index contributed by atoms with van der Waals surface area (Å²) in [7, 11) is -4.00. The molecule has 0 bridgehead atoms. The number of benzene rings is 5. The molecule has 0 heterocycles. The van der Waals surface area contributed by atoms with Gasteiger partial charge in [-0.1, -0.05) is 76.6 Å². The monoisotopic (exact) mass is 627 g/mol. The summed E-state index contributed by atoms with van der Waals surface area (Å²) in [6, 6.07) is 36.5. The Hall–Kier alpha value is -4.47. The van der Waals surface area contributed by atoms with E-state index in [1.165, 1.54) is 29.1 Å². The fourth-order valence-corrected chi connectivity index (χ4v) is 5.98. The van der Waals surface area contributed by atoms with Crippen molar-refractivity contribution in [3.05, 3.63) is 137 Å². The molecule has 1 amide bonds. The van der Waals surface area contributed by atoms with Gasteiger partial charge in [0.2, 0.25) is 0 Å². The van der Waals surface area contributed by atoms with Gasteiger partial charge in [-0.25, -0.2) is 13.8 Å². The molecular formula is C32H26BrN3O4S. The van der Waals surface area contributed by atoms with Crippen molar-refractivity contribution in [2.24, 2.45) is 5.10 Å². The van der Waals surface area contributed by atoms with Crippen molar-refractivity contribution in [3.8, 4) is 5.75 Å². The van der Waals surface area contributed by atoms with Crippen LogP contribution in [-0.2, 0) is 21.4 Å². The number of rotatable bonds is 10. The van der Waals surface area contributed by atoms with E-state index in [1.807, 2.05) is 36.4 Å². The van der Waals surface area contributed by atoms with E-state index in [2.05, 4.69) is 56.8 Å². The Bertz CT molecular complexity index is 1790. The number of fused-ring (bicyclic) bond motifs is 1. The van der Waals surface area contributed by atoms with Crippen molar-refractivity contribution >= 4 is 54.5 Å². The molecule has 0 aliphatic rings. The summed E-state index contributed by atoms with van der Waals surface area (Å²) in [5.74, 6) is 0.117. The lowest BCUT2D eigenvalue weighted by molar-refractivity contribution is -0.119. The highest BCUT2D eigenvalue weighted by Crippen LogP contribution is 2.26. The van der Waals surface area contributed by atoms with Gasteiger partial charge < -0.3 is 4.74 Å². The SMILES string of the molecule is O=C(CN(c1cccc(Br)c1)S(=O)(=O)c1ccccc1)N/N=C/c1ccc(OCc2ccc3ccccc3c2)cc1. The number of amides is 1. The van der Waals surface area contributed by atoms with Crippen LogP contribution < -0.4 is 14.5 Å². The number of carbonyl (C=O) groups is 1. The van der Waals surface area contributed by atoms with Crippen LogP contribution in [0.2, 0.25) is 0 Å². The first-order valence-corrected chi connectivity index (χ1v) is 15.0. The number of sulfonamides is 1. The standard InChI is InChI=1S/C32H26BrN3O4S/c33-28-9-6-10-29(20-28)36(41(38,39)31-11-2-1-3-12-31)22-32(37)35-34-21-24-14-17-30(18-15-24)40-23-25-13-16-26-7-4-5-8-27(26)19-25/h1-21H,22-23H2,(H,35,37)/b34-21+. The summed E-state index contributed by atoms with van der Waals surface area (Å²) in [6.07, 6.45) is 1.49. The number of nitrogens with one attached hydrogen (secondary N) is 1. The summed E-state index contributed by atoms with van der Waals surface area (Å²) in [5, 5.41) is 6.37. The zero-order valence-corrected chi connectivity index (χ0v) is 24.3. The predicted octanol–water partition coefficient (Wildman–Crippen LogP) is 6.53. The van der Waals surface area contributed by atoms with Crippen molar-refractivity contribution in [3.63, 3.8) is 0 Å². The minimum atomic E-state index is -4.00. The lowest BCUT2D eigenvalue weighted by atomic mass is 10.1. The van der Waals surface area contributed by atoms with Crippen LogP contribution in [0.4, 0.5) is 5.69 Å². The van der Waals surface area contributed by atoms with Gasteiger partial charge in [-0.15, -0.1) is 0 Å². The minimum Gasteiger partial charge on any atom is -0.489 e. The highest BCUT2D eigenvalue weighted by molar-refractivity contribution is 9.10. The van der Waals surface area contributed by atoms with Crippen molar-refractivity contribution in [1.82, 2.24) is 5.43 Å². The number of carbonyl (C=O) groups excluding carboxylic acids is 1. The van der Waals surface area contributed by atoms with Gasteiger partial charge in [0.05, 0.1) is 16.8 Å². The van der Waals surface area contributed by atoms with Crippen LogP contribution in [0, 0.1) is 0 Å². The van der Waals surface area contributed by atoms with E-state index in [-0.39, 0.29) is 4.90 Å². The molecule has 0 spiro atoms. The van der Waals surface area contributed by atoms with E-state index in [4.69, 9.17) is 4.74 Å². The highest BCUT2D eigenvalue weighted by atomic mass is 79.9. The zero-order chi connectivity index (χ0) is 28.7. The van der Waals surface area contributed by atoms with Crippen LogP contribution in [0.5, 0.6) is 5.75 Å². The van der Waals surface area contributed by atoms with Crippen molar-refractivity contribution in [1.29, 1.82) is 0 Å². The molecule has 0 aliphatic heterocycles. The first kappa shape index (κ1) is 28.1. The van der Waals surface area contributed by atoms with Gasteiger partial charge in [0.25, 0.3) is 15.9 Å². The number of nitrogens with zero attached hydrogens (tertiary/aromatic N) is 2. The van der Waals surface area contributed by atoms with E-state index in [0.29, 0.717) is 22.5 Å². The third-order valence-electron chi connectivity index (χ3n) is 6.22. The lowest BCUT2D eigenvalue weighted by Gasteiger charge is -2.23. The van der Waals surface area contributed by atoms with Crippen LogP contribution in [0.25, 0.3) is 10.8 Å². The van der Waals surface area contributed by atoms with Crippen molar-refractivity contribution in [2.45, 2.75) is 11.5 Å². The van der Waals surface area contributed by atoms with E-state index >= 15 is 0 Å². The number of hydrazone groups is 1. The molecule has 5 rings (SSSR count). The molecule has 0 saturated heterocycles. The van der Waals surface area contributed by atoms with Crippen molar-refractivity contribution < 1.29 is 17.9 Å². The van der Waals surface area contributed by atoms with Crippen LogP contribution in [0.1, 0.15) is 11.1 Å². The zero-order valence-electron chi connectivity index (χ0n) is 21.9. The summed E-state index contributed by atoms with van der Waals surface area (Å²) in [5.41, 5.74) is 4.59. The Morgan fingerprint density at radius 3 is 2.32 bits per heavy atom. The summed E-state index contributed by atoms with van der Waals surface area (Å²) in [6.45, 7) is -0.0126. The molecular weight excluding hydrogens is 602 g/mol. The van der Waals surface area contributed by atoms with Gasteiger partial charge in [-0.3, -0.25) is 9.10 Å².